The minimum Gasteiger partial charge on any atom is -0.349 e. The van der Waals surface area contributed by atoms with Crippen LogP contribution in [0.1, 0.15) is 10.5 Å². The zero-order valence-electron chi connectivity index (χ0n) is 13.7. The molecule has 0 atom stereocenters. The van der Waals surface area contributed by atoms with E-state index in [-0.39, 0.29) is 23.7 Å². The Bertz CT molecular complexity index is 972. The van der Waals surface area contributed by atoms with Crippen molar-refractivity contribution in [3.63, 3.8) is 0 Å². The fourth-order valence-electron chi connectivity index (χ4n) is 2.19. The largest absolute Gasteiger partial charge is 0.349 e. The molecular weight excluding hydrogens is 354 g/mol. The number of hydrogen-bond donors (Lipinski definition) is 2. The Morgan fingerprint density at radius 1 is 0.962 bits per heavy atom. The third-order valence-corrected chi connectivity index (χ3v) is 4.94. The van der Waals surface area contributed by atoms with E-state index < -0.39 is 15.9 Å². The van der Waals surface area contributed by atoms with Crippen LogP contribution in [0, 0.1) is 0 Å². The molecule has 26 heavy (non-hydrogen) atoms. The molecule has 3 rings (SSSR count). The standard InChI is InChI=1S/C17H17N5O3S/c23-17(16-13-19-22(21-16)14-7-3-1-4-8-14)18-11-12-20-26(24,25)15-9-5-2-6-10-15/h1-10,13,20H,11-12H2,(H,18,23). The predicted octanol–water partition coefficient (Wildman–Crippen LogP) is 0.976. The maximum Gasteiger partial charge on any atom is 0.273 e. The summed E-state index contributed by atoms with van der Waals surface area (Å²) in [5.41, 5.74) is 0.891. The molecule has 0 spiro atoms. The number of nitrogens with zero attached hydrogens (tertiary/aromatic N) is 3. The number of rotatable bonds is 7. The molecule has 0 fully saturated rings. The van der Waals surface area contributed by atoms with Gasteiger partial charge in [-0.15, -0.1) is 5.10 Å². The first kappa shape index (κ1) is 17.8. The molecule has 9 heteroatoms. The van der Waals surface area contributed by atoms with Crippen molar-refractivity contribution >= 4 is 15.9 Å². The lowest BCUT2D eigenvalue weighted by atomic mass is 10.3. The molecule has 1 amide bonds. The van der Waals surface area contributed by atoms with Gasteiger partial charge in [0.2, 0.25) is 10.0 Å². The number of aromatic nitrogens is 3. The van der Waals surface area contributed by atoms with Gasteiger partial charge in [-0.25, -0.2) is 13.1 Å². The van der Waals surface area contributed by atoms with Crippen molar-refractivity contribution in [2.45, 2.75) is 4.90 Å². The fraction of sp³-hybridized carbons (Fsp3) is 0.118. The summed E-state index contributed by atoms with van der Waals surface area (Å²) in [5, 5.41) is 10.8. The molecule has 0 saturated heterocycles. The lowest BCUT2D eigenvalue weighted by molar-refractivity contribution is 0.0949. The highest BCUT2D eigenvalue weighted by molar-refractivity contribution is 7.89. The molecule has 0 unspecified atom stereocenters. The molecule has 2 aromatic carbocycles. The molecule has 0 aliphatic rings. The van der Waals surface area contributed by atoms with E-state index in [1.807, 2.05) is 30.3 Å². The molecule has 0 aliphatic heterocycles. The number of amides is 1. The predicted molar refractivity (Wildman–Crippen MR) is 95.3 cm³/mol. The average Bonchev–Trinajstić information content (AvgIpc) is 3.17. The SMILES string of the molecule is O=C(NCCNS(=O)(=O)c1ccccc1)c1cnn(-c2ccccc2)n1. The van der Waals surface area contributed by atoms with Crippen LogP contribution in [0.25, 0.3) is 5.69 Å². The minimum absolute atomic E-state index is 0.0653. The summed E-state index contributed by atoms with van der Waals surface area (Å²) in [6.07, 6.45) is 1.36. The Labute approximate surface area is 150 Å². The highest BCUT2D eigenvalue weighted by Crippen LogP contribution is 2.06. The highest BCUT2D eigenvalue weighted by Gasteiger charge is 2.14. The van der Waals surface area contributed by atoms with E-state index in [1.54, 1.807) is 18.2 Å². The van der Waals surface area contributed by atoms with Gasteiger partial charge in [0.15, 0.2) is 5.69 Å². The summed E-state index contributed by atoms with van der Waals surface area (Å²) in [6, 6.07) is 17.2. The van der Waals surface area contributed by atoms with Crippen molar-refractivity contribution in [3.05, 3.63) is 72.6 Å². The van der Waals surface area contributed by atoms with Gasteiger partial charge in [0, 0.05) is 13.1 Å². The van der Waals surface area contributed by atoms with Crippen LogP contribution < -0.4 is 10.0 Å². The first-order chi connectivity index (χ1) is 12.6. The van der Waals surface area contributed by atoms with Crippen molar-refractivity contribution in [3.8, 4) is 5.69 Å². The maximum absolute atomic E-state index is 12.1. The lowest BCUT2D eigenvalue weighted by Crippen LogP contribution is -2.34. The van der Waals surface area contributed by atoms with Crippen molar-refractivity contribution in [2.24, 2.45) is 0 Å². The van der Waals surface area contributed by atoms with Crippen LogP contribution in [0.3, 0.4) is 0 Å². The van der Waals surface area contributed by atoms with Gasteiger partial charge >= 0.3 is 0 Å². The molecular formula is C17H17N5O3S. The van der Waals surface area contributed by atoms with Crippen molar-refractivity contribution in [1.29, 1.82) is 0 Å². The molecule has 0 saturated carbocycles. The van der Waals surface area contributed by atoms with Crippen molar-refractivity contribution in [2.75, 3.05) is 13.1 Å². The third-order valence-electron chi connectivity index (χ3n) is 3.47. The molecule has 0 radical (unpaired) electrons. The second kappa shape index (κ2) is 7.89. The Balaban J connectivity index is 1.51. The number of hydrogen-bond acceptors (Lipinski definition) is 5. The third kappa shape index (κ3) is 4.32. The molecule has 1 aromatic heterocycles. The molecule has 1 heterocycles. The lowest BCUT2D eigenvalue weighted by Gasteiger charge is -2.07. The Hall–Kier alpha value is -3.04. The number of carbonyl (C=O) groups is 1. The summed E-state index contributed by atoms with van der Waals surface area (Å²) >= 11 is 0. The van der Waals surface area contributed by atoms with E-state index in [0.29, 0.717) is 0 Å². The second-order valence-corrected chi connectivity index (χ2v) is 7.09. The van der Waals surface area contributed by atoms with Crippen LogP contribution in [-0.2, 0) is 10.0 Å². The summed E-state index contributed by atoms with van der Waals surface area (Å²) in [5.74, 6) is -0.425. The van der Waals surface area contributed by atoms with Crippen LogP contribution in [0.5, 0.6) is 0 Å². The monoisotopic (exact) mass is 371 g/mol. The van der Waals surface area contributed by atoms with Crippen LogP contribution in [0.15, 0.2) is 71.8 Å². The number of benzene rings is 2. The van der Waals surface area contributed by atoms with Gasteiger partial charge in [-0.1, -0.05) is 36.4 Å². The van der Waals surface area contributed by atoms with E-state index in [4.69, 9.17) is 0 Å². The second-order valence-electron chi connectivity index (χ2n) is 5.32. The van der Waals surface area contributed by atoms with E-state index in [9.17, 15) is 13.2 Å². The van der Waals surface area contributed by atoms with E-state index in [2.05, 4.69) is 20.2 Å². The highest BCUT2D eigenvalue weighted by atomic mass is 32.2. The first-order valence-electron chi connectivity index (χ1n) is 7.87. The average molecular weight is 371 g/mol. The number of sulfonamides is 1. The van der Waals surface area contributed by atoms with Gasteiger partial charge in [0.05, 0.1) is 16.8 Å². The summed E-state index contributed by atoms with van der Waals surface area (Å²) in [4.78, 5) is 13.6. The van der Waals surface area contributed by atoms with Gasteiger partial charge in [-0.3, -0.25) is 4.79 Å². The molecule has 0 bridgehead atoms. The van der Waals surface area contributed by atoms with E-state index in [0.717, 1.165) is 5.69 Å². The van der Waals surface area contributed by atoms with Gasteiger partial charge in [0.1, 0.15) is 0 Å². The van der Waals surface area contributed by atoms with Crippen LogP contribution in [0.2, 0.25) is 0 Å². The zero-order valence-corrected chi connectivity index (χ0v) is 14.6. The zero-order chi connectivity index (χ0) is 18.4. The van der Waals surface area contributed by atoms with Gasteiger partial charge in [-0.05, 0) is 24.3 Å². The number of para-hydroxylation sites is 1. The molecule has 0 aliphatic carbocycles. The first-order valence-corrected chi connectivity index (χ1v) is 9.35. The van der Waals surface area contributed by atoms with Crippen molar-refractivity contribution in [1.82, 2.24) is 25.0 Å². The number of carbonyl (C=O) groups excluding carboxylic acids is 1. The summed E-state index contributed by atoms with van der Waals surface area (Å²) in [6.45, 7) is 0.193. The minimum atomic E-state index is -3.59. The number of nitrogens with one attached hydrogen (secondary N) is 2. The van der Waals surface area contributed by atoms with Gasteiger partial charge in [0.25, 0.3) is 5.91 Å². The van der Waals surface area contributed by atoms with Crippen LogP contribution in [0.4, 0.5) is 0 Å². The van der Waals surface area contributed by atoms with E-state index in [1.165, 1.54) is 23.1 Å². The Kier molecular flexibility index (Phi) is 5.40. The van der Waals surface area contributed by atoms with Gasteiger partial charge < -0.3 is 5.32 Å². The van der Waals surface area contributed by atoms with Gasteiger partial charge in [-0.2, -0.15) is 9.90 Å². The smallest absolute Gasteiger partial charge is 0.273 e. The molecule has 134 valence electrons. The Morgan fingerprint density at radius 3 is 2.31 bits per heavy atom. The van der Waals surface area contributed by atoms with Crippen molar-refractivity contribution < 1.29 is 13.2 Å². The summed E-state index contributed by atoms with van der Waals surface area (Å²) in [7, 11) is -3.59. The quantitative estimate of drug-likeness (QED) is 0.602. The molecule has 8 nitrogen and oxygen atoms in total. The summed E-state index contributed by atoms with van der Waals surface area (Å²) < 4.78 is 26.5. The van der Waals surface area contributed by atoms with Crippen LogP contribution >= 0.6 is 0 Å². The molecule has 2 N–H and O–H groups in total. The molecule has 3 aromatic rings. The normalized spacial score (nSPS) is 11.2. The fourth-order valence-corrected chi connectivity index (χ4v) is 3.24. The maximum atomic E-state index is 12.1. The topological polar surface area (TPSA) is 106 Å². The Morgan fingerprint density at radius 2 is 1.62 bits per heavy atom. The van der Waals surface area contributed by atoms with Crippen LogP contribution in [-0.4, -0.2) is 42.4 Å². The van der Waals surface area contributed by atoms with E-state index >= 15 is 0 Å².